The summed E-state index contributed by atoms with van der Waals surface area (Å²) in [4.78, 5) is 4.54. The number of rotatable bonds is 1. The Hall–Kier alpha value is -1.43. The van der Waals surface area contributed by atoms with E-state index in [1.807, 2.05) is 33.0 Å². The molecule has 5 heteroatoms. The summed E-state index contributed by atoms with van der Waals surface area (Å²) in [5.74, 6) is 0.264. The maximum atomic E-state index is 5.78. The highest BCUT2D eigenvalue weighted by Gasteiger charge is 2.34. The number of aromatic nitrogens is 2. The lowest BCUT2D eigenvalue weighted by molar-refractivity contribution is -0.270. The van der Waals surface area contributed by atoms with Gasteiger partial charge in [0, 0.05) is 12.6 Å². The van der Waals surface area contributed by atoms with E-state index in [9.17, 15) is 0 Å². The average molecular weight is 261 g/mol. The highest BCUT2D eigenvalue weighted by atomic mass is 16.7. The average Bonchev–Trinajstić information content (AvgIpc) is 2.68. The Labute approximate surface area is 112 Å². The van der Waals surface area contributed by atoms with E-state index < -0.39 is 5.79 Å². The van der Waals surface area contributed by atoms with E-state index in [-0.39, 0.29) is 6.04 Å². The van der Waals surface area contributed by atoms with Crippen molar-refractivity contribution in [2.45, 2.75) is 25.7 Å². The van der Waals surface area contributed by atoms with Crippen molar-refractivity contribution in [3.63, 3.8) is 0 Å². The summed E-state index contributed by atoms with van der Waals surface area (Å²) in [6.45, 7) is 4.94. The summed E-state index contributed by atoms with van der Waals surface area (Å²) in [5.41, 5.74) is 8.83. The molecule has 1 aliphatic heterocycles. The highest BCUT2D eigenvalue weighted by Crippen LogP contribution is 2.31. The third-order valence-electron chi connectivity index (χ3n) is 3.77. The SMILES string of the molecule is Cc1nc2cc(C3(C)OCC(N)CO3)ccc2n1C. The van der Waals surface area contributed by atoms with Crippen LogP contribution >= 0.6 is 0 Å². The zero-order chi connectivity index (χ0) is 13.6. The molecule has 0 saturated carbocycles. The number of nitrogens with two attached hydrogens (primary N) is 1. The minimum absolute atomic E-state index is 0.0473. The first-order valence-corrected chi connectivity index (χ1v) is 6.47. The van der Waals surface area contributed by atoms with Crippen molar-refractivity contribution in [3.05, 3.63) is 29.6 Å². The van der Waals surface area contributed by atoms with E-state index in [2.05, 4.69) is 15.6 Å². The van der Waals surface area contributed by atoms with E-state index in [1.54, 1.807) is 0 Å². The fourth-order valence-electron chi connectivity index (χ4n) is 2.39. The molecule has 1 aromatic heterocycles. The van der Waals surface area contributed by atoms with Gasteiger partial charge in [-0.15, -0.1) is 0 Å². The molecule has 102 valence electrons. The van der Waals surface area contributed by atoms with Gasteiger partial charge in [0.2, 0.25) is 0 Å². The monoisotopic (exact) mass is 261 g/mol. The van der Waals surface area contributed by atoms with Crippen LogP contribution in [-0.2, 0) is 22.3 Å². The second-order valence-corrected chi connectivity index (χ2v) is 5.25. The first-order valence-electron chi connectivity index (χ1n) is 6.47. The molecule has 5 nitrogen and oxygen atoms in total. The van der Waals surface area contributed by atoms with Crippen LogP contribution in [0.3, 0.4) is 0 Å². The van der Waals surface area contributed by atoms with Crippen molar-refractivity contribution in [2.24, 2.45) is 12.8 Å². The van der Waals surface area contributed by atoms with E-state index in [0.717, 1.165) is 22.4 Å². The topological polar surface area (TPSA) is 62.3 Å². The summed E-state index contributed by atoms with van der Waals surface area (Å²) in [6.07, 6.45) is 0. The predicted octanol–water partition coefficient (Wildman–Crippen LogP) is 1.43. The van der Waals surface area contributed by atoms with Crippen LogP contribution in [0, 0.1) is 6.92 Å². The molecule has 2 N–H and O–H groups in total. The summed E-state index contributed by atoms with van der Waals surface area (Å²) in [6, 6.07) is 6.06. The van der Waals surface area contributed by atoms with Crippen LogP contribution in [0.1, 0.15) is 18.3 Å². The molecule has 0 radical (unpaired) electrons. The minimum atomic E-state index is -0.727. The number of hydrogen-bond donors (Lipinski definition) is 1. The van der Waals surface area contributed by atoms with Gasteiger partial charge in [-0.1, -0.05) is 6.07 Å². The maximum Gasteiger partial charge on any atom is 0.192 e. The molecule has 0 atom stereocenters. The first kappa shape index (κ1) is 12.6. The van der Waals surface area contributed by atoms with Crippen molar-refractivity contribution >= 4 is 11.0 Å². The molecule has 1 fully saturated rings. The van der Waals surface area contributed by atoms with Crippen molar-refractivity contribution in [1.29, 1.82) is 0 Å². The number of ether oxygens (including phenoxy) is 2. The first-order chi connectivity index (χ1) is 8.99. The third kappa shape index (κ3) is 2.04. The summed E-state index contributed by atoms with van der Waals surface area (Å²) in [7, 11) is 2.01. The Kier molecular flexibility index (Phi) is 2.85. The number of benzene rings is 1. The molecular formula is C14H19N3O2. The van der Waals surface area contributed by atoms with Gasteiger partial charge in [0.05, 0.1) is 30.3 Å². The zero-order valence-electron chi connectivity index (χ0n) is 11.5. The number of fused-ring (bicyclic) bond motifs is 1. The Morgan fingerprint density at radius 3 is 2.74 bits per heavy atom. The number of aryl methyl sites for hydroxylation is 2. The Morgan fingerprint density at radius 2 is 2.05 bits per heavy atom. The van der Waals surface area contributed by atoms with Gasteiger partial charge >= 0.3 is 0 Å². The molecule has 2 aromatic rings. The van der Waals surface area contributed by atoms with Crippen LogP contribution in [0.25, 0.3) is 11.0 Å². The van der Waals surface area contributed by atoms with Crippen molar-refractivity contribution < 1.29 is 9.47 Å². The van der Waals surface area contributed by atoms with Gasteiger partial charge in [-0.3, -0.25) is 0 Å². The molecule has 0 bridgehead atoms. The van der Waals surface area contributed by atoms with Crippen LogP contribution in [0.4, 0.5) is 0 Å². The molecule has 0 amide bonds. The van der Waals surface area contributed by atoms with Gasteiger partial charge in [0.1, 0.15) is 5.82 Å². The maximum absolute atomic E-state index is 5.78. The van der Waals surface area contributed by atoms with Gasteiger partial charge in [0.25, 0.3) is 0 Å². The van der Waals surface area contributed by atoms with Gasteiger partial charge in [-0.05, 0) is 26.0 Å². The lowest BCUT2D eigenvalue weighted by Crippen LogP contribution is -2.46. The molecule has 0 aliphatic carbocycles. The number of nitrogens with zero attached hydrogens (tertiary/aromatic N) is 2. The second-order valence-electron chi connectivity index (χ2n) is 5.25. The Bertz CT molecular complexity index is 612. The van der Waals surface area contributed by atoms with Gasteiger partial charge in [-0.2, -0.15) is 0 Å². The van der Waals surface area contributed by atoms with Crippen LogP contribution < -0.4 is 5.73 Å². The third-order valence-corrected chi connectivity index (χ3v) is 3.77. The van der Waals surface area contributed by atoms with E-state index in [1.165, 1.54) is 0 Å². The molecule has 1 aromatic carbocycles. The standard InChI is InChI=1S/C14H19N3O2/c1-9-16-12-6-10(4-5-13(12)17(9)3)14(2)18-7-11(15)8-19-14/h4-6,11H,7-8,15H2,1-3H3. The smallest absolute Gasteiger partial charge is 0.192 e. The Balaban J connectivity index is 2.01. The number of imidazole rings is 1. The lowest BCUT2D eigenvalue weighted by atomic mass is 10.1. The molecular weight excluding hydrogens is 242 g/mol. The van der Waals surface area contributed by atoms with Gasteiger partial charge in [-0.25, -0.2) is 4.98 Å². The quantitative estimate of drug-likeness (QED) is 0.843. The van der Waals surface area contributed by atoms with Crippen LogP contribution in [0.15, 0.2) is 18.2 Å². The van der Waals surface area contributed by atoms with Crippen LogP contribution in [0.2, 0.25) is 0 Å². The second kappa shape index (κ2) is 4.30. The van der Waals surface area contributed by atoms with Crippen LogP contribution in [0.5, 0.6) is 0 Å². The molecule has 1 saturated heterocycles. The van der Waals surface area contributed by atoms with E-state index >= 15 is 0 Å². The molecule has 1 aliphatic rings. The lowest BCUT2D eigenvalue weighted by Gasteiger charge is -2.36. The molecule has 2 heterocycles. The van der Waals surface area contributed by atoms with Gasteiger partial charge in [0.15, 0.2) is 5.79 Å². The van der Waals surface area contributed by atoms with E-state index in [4.69, 9.17) is 15.2 Å². The fourth-order valence-corrected chi connectivity index (χ4v) is 2.39. The predicted molar refractivity (Wildman–Crippen MR) is 72.7 cm³/mol. The largest absolute Gasteiger partial charge is 0.344 e. The summed E-state index contributed by atoms with van der Waals surface area (Å²) in [5, 5.41) is 0. The van der Waals surface area contributed by atoms with Crippen molar-refractivity contribution in [3.8, 4) is 0 Å². The summed E-state index contributed by atoms with van der Waals surface area (Å²) < 4.78 is 13.6. The molecule has 0 unspecified atom stereocenters. The normalized spacial score (nSPS) is 27.9. The minimum Gasteiger partial charge on any atom is -0.344 e. The number of hydrogen-bond acceptors (Lipinski definition) is 4. The van der Waals surface area contributed by atoms with Crippen molar-refractivity contribution in [2.75, 3.05) is 13.2 Å². The summed E-state index contributed by atoms with van der Waals surface area (Å²) >= 11 is 0. The fraction of sp³-hybridized carbons (Fsp3) is 0.500. The van der Waals surface area contributed by atoms with Gasteiger partial charge < -0.3 is 19.8 Å². The van der Waals surface area contributed by atoms with E-state index in [0.29, 0.717) is 13.2 Å². The van der Waals surface area contributed by atoms with Crippen LogP contribution in [-0.4, -0.2) is 28.8 Å². The molecule has 0 spiro atoms. The Morgan fingerprint density at radius 1 is 1.37 bits per heavy atom. The molecule has 19 heavy (non-hydrogen) atoms. The van der Waals surface area contributed by atoms with Crippen molar-refractivity contribution in [1.82, 2.24) is 9.55 Å². The highest BCUT2D eigenvalue weighted by molar-refractivity contribution is 5.77. The molecule has 3 rings (SSSR count). The zero-order valence-corrected chi connectivity index (χ0v) is 11.5.